The van der Waals surface area contributed by atoms with Gasteiger partial charge in [-0.15, -0.1) is 0 Å². The van der Waals surface area contributed by atoms with Gasteiger partial charge in [0.25, 0.3) is 11.8 Å². The van der Waals surface area contributed by atoms with Crippen molar-refractivity contribution >= 4 is 11.8 Å². The van der Waals surface area contributed by atoms with Gasteiger partial charge < -0.3 is 10.6 Å². The monoisotopic (exact) mass is 474 g/mol. The maximum atomic E-state index is 13.0. The molecule has 1 fully saturated rings. The Hall–Kier alpha value is -4.18. The van der Waals surface area contributed by atoms with Crippen LogP contribution in [0.25, 0.3) is 22.3 Å². The lowest BCUT2D eigenvalue weighted by molar-refractivity contribution is 0.0863. The van der Waals surface area contributed by atoms with Crippen molar-refractivity contribution in [1.82, 2.24) is 10.6 Å². The van der Waals surface area contributed by atoms with E-state index in [0.29, 0.717) is 11.1 Å². The van der Waals surface area contributed by atoms with Gasteiger partial charge in [-0.25, -0.2) is 0 Å². The summed E-state index contributed by atoms with van der Waals surface area (Å²) < 4.78 is 0. The second-order valence-corrected chi connectivity index (χ2v) is 9.33. The maximum Gasteiger partial charge on any atom is 0.251 e. The molecule has 5 rings (SSSR count). The molecule has 0 heterocycles. The van der Waals surface area contributed by atoms with Gasteiger partial charge in [0.05, 0.1) is 0 Å². The van der Waals surface area contributed by atoms with Gasteiger partial charge in [-0.1, -0.05) is 97.8 Å². The van der Waals surface area contributed by atoms with Crippen LogP contribution in [0.2, 0.25) is 0 Å². The van der Waals surface area contributed by atoms with Crippen LogP contribution in [0.5, 0.6) is 0 Å². The summed E-state index contributed by atoms with van der Waals surface area (Å²) in [5.74, 6) is -0.207. The normalized spacial score (nSPS) is 17.2. The fraction of sp³-hybridized carbons (Fsp3) is 0.188. The number of hydrogen-bond acceptors (Lipinski definition) is 2. The number of benzene rings is 4. The van der Waals surface area contributed by atoms with Crippen LogP contribution in [-0.2, 0) is 0 Å². The van der Waals surface area contributed by atoms with Crippen LogP contribution in [0.15, 0.2) is 109 Å². The smallest absolute Gasteiger partial charge is 0.251 e. The first kappa shape index (κ1) is 23.6. The van der Waals surface area contributed by atoms with Crippen molar-refractivity contribution in [3.05, 3.63) is 120 Å². The van der Waals surface area contributed by atoms with Gasteiger partial charge in [-0.2, -0.15) is 0 Å². The highest BCUT2D eigenvalue weighted by molar-refractivity contribution is 5.96. The Bertz CT molecular complexity index is 1200. The SMILES string of the molecule is O=C(N[C@@H]1CCCC[C@H]1NC(=O)c1ccc(-c2ccccc2)cc1)c1ccc(-c2ccccc2)cc1. The second kappa shape index (κ2) is 11.0. The van der Waals surface area contributed by atoms with Crippen LogP contribution in [0.3, 0.4) is 0 Å². The van der Waals surface area contributed by atoms with E-state index in [1.165, 1.54) is 0 Å². The molecule has 0 aromatic heterocycles. The zero-order chi connectivity index (χ0) is 24.7. The standard InChI is InChI=1S/C32H30N2O2/c35-31(27-19-15-25(16-20-27)23-9-3-1-4-10-23)33-29-13-7-8-14-30(29)34-32(36)28-21-17-26(18-22-28)24-11-5-2-6-12-24/h1-6,9-12,15-22,29-30H,7-8,13-14H2,(H,33,35)(H,34,36)/t29-,30-/m1/s1. The summed E-state index contributed by atoms with van der Waals surface area (Å²) in [7, 11) is 0. The molecule has 1 aliphatic carbocycles. The number of carbonyl (C=O) groups is 2. The molecule has 0 saturated heterocycles. The Morgan fingerprint density at radius 1 is 0.472 bits per heavy atom. The molecular weight excluding hydrogens is 444 g/mol. The van der Waals surface area contributed by atoms with E-state index >= 15 is 0 Å². The minimum Gasteiger partial charge on any atom is -0.347 e. The van der Waals surface area contributed by atoms with Gasteiger partial charge in [0.15, 0.2) is 0 Å². The molecule has 0 radical (unpaired) electrons. The summed E-state index contributed by atoms with van der Waals surface area (Å²) in [6.07, 6.45) is 3.78. The summed E-state index contributed by atoms with van der Waals surface area (Å²) in [6, 6.07) is 35.4. The summed E-state index contributed by atoms with van der Waals surface area (Å²) >= 11 is 0. The molecule has 2 amide bonds. The third-order valence-electron chi connectivity index (χ3n) is 6.91. The van der Waals surface area contributed by atoms with Crippen LogP contribution in [0.4, 0.5) is 0 Å². The Balaban J connectivity index is 1.22. The summed E-state index contributed by atoms with van der Waals surface area (Å²) in [5.41, 5.74) is 5.65. The number of rotatable bonds is 6. The molecule has 2 N–H and O–H groups in total. The van der Waals surface area contributed by atoms with Gasteiger partial charge in [-0.3, -0.25) is 9.59 Å². The van der Waals surface area contributed by atoms with Crippen molar-refractivity contribution in [2.75, 3.05) is 0 Å². The lowest BCUT2D eigenvalue weighted by atomic mass is 9.89. The third kappa shape index (κ3) is 5.55. The first-order chi connectivity index (χ1) is 17.7. The van der Waals surface area contributed by atoms with Gasteiger partial charge in [-0.05, 0) is 59.4 Å². The Morgan fingerprint density at radius 2 is 0.806 bits per heavy atom. The predicted molar refractivity (Wildman–Crippen MR) is 145 cm³/mol. The minimum atomic E-state index is -0.104. The van der Waals surface area contributed by atoms with E-state index in [9.17, 15) is 9.59 Å². The molecule has 1 aliphatic rings. The van der Waals surface area contributed by atoms with Crippen LogP contribution in [-0.4, -0.2) is 23.9 Å². The zero-order valence-electron chi connectivity index (χ0n) is 20.2. The van der Waals surface area contributed by atoms with Gasteiger partial charge >= 0.3 is 0 Å². The molecule has 1 saturated carbocycles. The van der Waals surface area contributed by atoms with Gasteiger partial charge in [0, 0.05) is 23.2 Å². The van der Waals surface area contributed by atoms with E-state index < -0.39 is 0 Å². The van der Waals surface area contributed by atoms with E-state index in [-0.39, 0.29) is 23.9 Å². The quantitative estimate of drug-likeness (QED) is 0.335. The molecule has 0 aliphatic heterocycles. The molecule has 180 valence electrons. The van der Waals surface area contributed by atoms with Crippen molar-refractivity contribution in [3.63, 3.8) is 0 Å². The van der Waals surface area contributed by atoms with Crippen LogP contribution < -0.4 is 10.6 Å². The van der Waals surface area contributed by atoms with Crippen LogP contribution in [0, 0.1) is 0 Å². The van der Waals surface area contributed by atoms with Crippen molar-refractivity contribution in [2.24, 2.45) is 0 Å². The summed E-state index contributed by atoms with van der Waals surface area (Å²) in [6.45, 7) is 0. The molecule has 4 nitrogen and oxygen atoms in total. The first-order valence-corrected chi connectivity index (χ1v) is 12.6. The molecule has 4 aromatic rings. The van der Waals surface area contributed by atoms with E-state index in [4.69, 9.17) is 0 Å². The van der Waals surface area contributed by atoms with Crippen molar-refractivity contribution in [1.29, 1.82) is 0 Å². The molecule has 0 unspecified atom stereocenters. The summed E-state index contributed by atoms with van der Waals surface area (Å²) in [4.78, 5) is 26.0. The first-order valence-electron chi connectivity index (χ1n) is 12.6. The molecule has 4 aromatic carbocycles. The zero-order valence-corrected chi connectivity index (χ0v) is 20.2. The number of hydrogen-bond donors (Lipinski definition) is 2. The van der Waals surface area contributed by atoms with Crippen LogP contribution >= 0.6 is 0 Å². The van der Waals surface area contributed by atoms with E-state index in [1.54, 1.807) is 0 Å². The lowest BCUT2D eigenvalue weighted by Gasteiger charge is -2.33. The molecule has 0 spiro atoms. The topological polar surface area (TPSA) is 58.2 Å². The molecule has 4 heteroatoms. The highest BCUT2D eigenvalue weighted by atomic mass is 16.2. The fourth-order valence-corrected chi connectivity index (χ4v) is 4.87. The predicted octanol–water partition coefficient (Wildman–Crippen LogP) is 6.49. The Morgan fingerprint density at radius 3 is 1.17 bits per heavy atom. The minimum absolute atomic E-state index is 0.0902. The number of carbonyl (C=O) groups excluding carboxylic acids is 2. The third-order valence-corrected chi connectivity index (χ3v) is 6.91. The largest absolute Gasteiger partial charge is 0.347 e. The Labute approximate surface area is 212 Å². The van der Waals surface area contributed by atoms with Crippen LogP contribution in [0.1, 0.15) is 46.4 Å². The average Bonchev–Trinajstić information content (AvgIpc) is 2.95. The molecule has 0 bridgehead atoms. The highest BCUT2D eigenvalue weighted by Crippen LogP contribution is 2.23. The van der Waals surface area contributed by atoms with Gasteiger partial charge in [0.2, 0.25) is 0 Å². The van der Waals surface area contributed by atoms with Crippen molar-refractivity contribution in [3.8, 4) is 22.3 Å². The van der Waals surface area contributed by atoms with Gasteiger partial charge in [0.1, 0.15) is 0 Å². The average molecular weight is 475 g/mol. The second-order valence-electron chi connectivity index (χ2n) is 9.33. The lowest BCUT2D eigenvalue weighted by Crippen LogP contribution is -2.53. The van der Waals surface area contributed by atoms with E-state index in [2.05, 4.69) is 34.9 Å². The number of amides is 2. The fourth-order valence-electron chi connectivity index (χ4n) is 4.87. The van der Waals surface area contributed by atoms with Crippen molar-refractivity contribution in [2.45, 2.75) is 37.8 Å². The van der Waals surface area contributed by atoms with E-state index in [1.807, 2.05) is 84.9 Å². The maximum absolute atomic E-state index is 13.0. The summed E-state index contributed by atoms with van der Waals surface area (Å²) in [5, 5.41) is 6.36. The molecule has 2 atom stereocenters. The van der Waals surface area contributed by atoms with Crippen molar-refractivity contribution < 1.29 is 9.59 Å². The number of nitrogens with one attached hydrogen (secondary N) is 2. The molecular formula is C32H30N2O2. The van der Waals surface area contributed by atoms with E-state index in [0.717, 1.165) is 47.9 Å². The Kier molecular flexibility index (Phi) is 7.23. The molecule has 36 heavy (non-hydrogen) atoms. The highest BCUT2D eigenvalue weighted by Gasteiger charge is 2.28.